The number of ether oxygens (including phenoxy) is 1. The lowest BCUT2D eigenvalue weighted by Crippen LogP contribution is -2.42. The zero-order valence-electron chi connectivity index (χ0n) is 7.63. The van der Waals surface area contributed by atoms with E-state index < -0.39 is 12.1 Å². The molecule has 0 aromatic rings. The van der Waals surface area contributed by atoms with Crippen molar-refractivity contribution in [1.29, 1.82) is 0 Å². The highest BCUT2D eigenvalue weighted by molar-refractivity contribution is 5.73. The van der Waals surface area contributed by atoms with Crippen molar-refractivity contribution in [2.75, 3.05) is 13.2 Å². The third-order valence-electron chi connectivity index (χ3n) is 2.13. The van der Waals surface area contributed by atoms with Crippen LogP contribution in [-0.2, 0) is 9.53 Å². The van der Waals surface area contributed by atoms with Gasteiger partial charge in [-0.25, -0.2) is 4.79 Å². The van der Waals surface area contributed by atoms with Gasteiger partial charge in [-0.1, -0.05) is 6.42 Å². The molecule has 1 atom stereocenters. The third kappa shape index (κ3) is 3.19. The molecular formula is C8H13F2NO3. The molecule has 0 amide bonds. The van der Waals surface area contributed by atoms with Crippen LogP contribution >= 0.6 is 0 Å². The highest BCUT2D eigenvalue weighted by Crippen LogP contribution is 2.17. The van der Waals surface area contributed by atoms with Gasteiger partial charge >= 0.3 is 12.1 Å². The second-order valence-corrected chi connectivity index (χ2v) is 3.28. The maximum atomic E-state index is 12.5. The number of aliphatic carboxylic acids is 1. The largest absolute Gasteiger partial charge is 0.475 e. The molecule has 1 aliphatic heterocycles. The molecule has 1 unspecified atom stereocenters. The number of hydrogen-bond acceptors (Lipinski definition) is 3. The summed E-state index contributed by atoms with van der Waals surface area (Å²) in [5.41, 5.74) is 0. The molecule has 0 bridgehead atoms. The van der Waals surface area contributed by atoms with Crippen LogP contribution < -0.4 is 5.32 Å². The van der Waals surface area contributed by atoms with Gasteiger partial charge in [0.15, 0.2) is 0 Å². The smallest absolute Gasteiger partial charge is 0.455 e. The molecule has 0 aromatic heterocycles. The molecule has 0 radical (unpaired) electrons. The summed E-state index contributed by atoms with van der Waals surface area (Å²) in [5, 5.41) is 11.1. The van der Waals surface area contributed by atoms with Gasteiger partial charge in [-0.15, -0.1) is 0 Å². The van der Waals surface area contributed by atoms with Gasteiger partial charge in [-0.2, -0.15) is 8.78 Å². The summed E-state index contributed by atoms with van der Waals surface area (Å²) in [6, 6.07) is -0.158. The first kappa shape index (κ1) is 11.3. The maximum Gasteiger partial charge on any atom is 0.455 e. The quantitative estimate of drug-likeness (QED) is 0.719. The highest BCUT2D eigenvalue weighted by Gasteiger charge is 2.41. The lowest BCUT2D eigenvalue weighted by molar-refractivity contribution is -0.247. The fraction of sp³-hybridized carbons (Fsp3) is 0.875. The van der Waals surface area contributed by atoms with Crippen molar-refractivity contribution in [2.45, 2.75) is 31.4 Å². The number of halogens is 2. The molecule has 1 fully saturated rings. The fourth-order valence-corrected chi connectivity index (χ4v) is 1.33. The molecule has 0 aromatic carbocycles. The third-order valence-corrected chi connectivity index (χ3v) is 2.13. The summed E-state index contributed by atoms with van der Waals surface area (Å²) in [6.07, 6.45) is -1.35. The minimum atomic E-state index is -4.07. The second-order valence-electron chi connectivity index (χ2n) is 3.28. The van der Waals surface area contributed by atoms with Crippen LogP contribution in [0.4, 0.5) is 8.78 Å². The molecule has 1 saturated heterocycles. The number of rotatable bonds is 4. The Hall–Kier alpha value is -0.750. The first-order chi connectivity index (χ1) is 6.52. The van der Waals surface area contributed by atoms with Crippen LogP contribution in [0.25, 0.3) is 0 Å². The molecule has 2 N–H and O–H groups in total. The Balaban J connectivity index is 2.28. The zero-order valence-corrected chi connectivity index (χ0v) is 7.63. The minimum Gasteiger partial charge on any atom is -0.475 e. The Labute approximate surface area is 80.2 Å². The zero-order chi connectivity index (χ0) is 10.6. The number of alkyl halides is 2. The van der Waals surface area contributed by atoms with Crippen LogP contribution in [0.5, 0.6) is 0 Å². The van der Waals surface area contributed by atoms with Gasteiger partial charge in [0.2, 0.25) is 0 Å². The van der Waals surface area contributed by atoms with Gasteiger partial charge in [-0.3, -0.25) is 0 Å². The number of carboxylic acids is 1. The number of hydrogen-bond donors (Lipinski definition) is 2. The van der Waals surface area contributed by atoms with Crippen molar-refractivity contribution in [3.63, 3.8) is 0 Å². The maximum absolute atomic E-state index is 12.5. The summed E-state index contributed by atoms with van der Waals surface area (Å²) < 4.78 is 28.9. The van der Waals surface area contributed by atoms with E-state index in [1.807, 2.05) is 0 Å². The van der Waals surface area contributed by atoms with Gasteiger partial charge in [0.25, 0.3) is 0 Å². The summed E-state index contributed by atoms with van der Waals surface area (Å²) in [5.74, 6) is -2.24. The Morgan fingerprint density at radius 3 is 2.79 bits per heavy atom. The van der Waals surface area contributed by atoms with Crippen LogP contribution in [0, 0.1) is 0 Å². The van der Waals surface area contributed by atoms with Gasteiger partial charge < -0.3 is 15.2 Å². The molecule has 1 heterocycles. The Morgan fingerprint density at radius 2 is 2.29 bits per heavy atom. The number of nitrogens with one attached hydrogen (secondary N) is 1. The van der Waals surface area contributed by atoms with Crippen LogP contribution in [0.1, 0.15) is 19.3 Å². The first-order valence-corrected chi connectivity index (χ1v) is 4.51. The summed E-state index contributed by atoms with van der Waals surface area (Å²) in [7, 11) is 0. The predicted molar refractivity (Wildman–Crippen MR) is 44.2 cm³/mol. The molecular weight excluding hydrogens is 196 g/mol. The second kappa shape index (κ2) is 4.65. The molecule has 14 heavy (non-hydrogen) atoms. The number of piperidine rings is 1. The normalized spacial score (nSPS) is 23.4. The molecule has 0 saturated carbocycles. The van der Waals surface area contributed by atoms with E-state index in [1.165, 1.54) is 0 Å². The van der Waals surface area contributed by atoms with E-state index in [1.54, 1.807) is 0 Å². The van der Waals surface area contributed by atoms with Crippen molar-refractivity contribution in [2.24, 2.45) is 0 Å². The van der Waals surface area contributed by atoms with Crippen LogP contribution in [0.3, 0.4) is 0 Å². The summed E-state index contributed by atoms with van der Waals surface area (Å²) in [4.78, 5) is 10.00. The number of carboxylic acid groups (broad SMARTS) is 1. The summed E-state index contributed by atoms with van der Waals surface area (Å²) >= 11 is 0. The predicted octanol–water partition coefficient (Wildman–Crippen LogP) is 0.823. The highest BCUT2D eigenvalue weighted by atomic mass is 19.3. The summed E-state index contributed by atoms with van der Waals surface area (Å²) in [6.45, 7) is 0.506. The molecule has 1 aliphatic rings. The van der Waals surface area contributed by atoms with Gasteiger partial charge in [0.1, 0.15) is 0 Å². The molecule has 4 nitrogen and oxygen atoms in total. The van der Waals surface area contributed by atoms with Crippen LogP contribution in [0.2, 0.25) is 0 Å². The van der Waals surface area contributed by atoms with Crippen molar-refractivity contribution in [1.82, 2.24) is 5.32 Å². The van der Waals surface area contributed by atoms with Crippen LogP contribution in [0.15, 0.2) is 0 Å². The van der Waals surface area contributed by atoms with Gasteiger partial charge in [0.05, 0.1) is 6.61 Å². The molecule has 1 rings (SSSR count). The van der Waals surface area contributed by atoms with E-state index >= 15 is 0 Å². The van der Waals surface area contributed by atoms with Crippen molar-refractivity contribution >= 4 is 5.97 Å². The lowest BCUT2D eigenvalue weighted by atomic mass is 10.1. The van der Waals surface area contributed by atoms with E-state index in [-0.39, 0.29) is 12.6 Å². The lowest BCUT2D eigenvalue weighted by Gasteiger charge is -2.24. The van der Waals surface area contributed by atoms with E-state index in [2.05, 4.69) is 10.1 Å². The standard InChI is InChI=1S/C8H13F2NO3/c9-8(10,7(12)13)14-5-6-3-1-2-4-11-6/h6,11H,1-5H2,(H,12,13). The molecule has 0 spiro atoms. The fourth-order valence-electron chi connectivity index (χ4n) is 1.33. The van der Waals surface area contributed by atoms with E-state index in [0.29, 0.717) is 0 Å². The first-order valence-electron chi connectivity index (χ1n) is 4.51. The topological polar surface area (TPSA) is 58.6 Å². The van der Waals surface area contributed by atoms with Crippen LogP contribution in [-0.4, -0.2) is 36.4 Å². The monoisotopic (exact) mass is 209 g/mol. The SMILES string of the molecule is O=C(O)C(F)(F)OCC1CCCCN1. The van der Waals surface area contributed by atoms with Crippen molar-refractivity contribution in [3.05, 3.63) is 0 Å². The molecule has 82 valence electrons. The average Bonchev–Trinajstić information content (AvgIpc) is 2.16. The van der Waals surface area contributed by atoms with E-state index in [9.17, 15) is 13.6 Å². The van der Waals surface area contributed by atoms with Gasteiger partial charge in [-0.05, 0) is 19.4 Å². The Kier molecular flexibility index (Phi) is 3.77. The Bertz CT molecular complexity index is 205. The average molecular weight is 209 g/mol. The number of carbonyl (C=O) groups is 1. The van der Waals surface area contributed by atoms with Gasteiger partial charge in [0, 0.05) is 6.04 Å². The molecule has 6 heteroatoms. The van der Waals surface area contributed by atoms with Crippen molar-refractivity contribution < 1.29 is 23.4 Å². The minimum absolute atomic E-state index is 0.158. The Morgan fingerprint density at radius 1 is 1.57 bits per heavy atom. The van der Waals surface area contributed by atoms with Crippen molar-refractivity contribution in [3.8, 4) is 0 Å². The molecule has 0 aliphatic carbocycles. The van der Waals surface area contributed by atoms with E-state index in [0.717, 1.165) is 25.8 Å². The van der Waals surface area contributed by atoms with E-state index in [4.69, 9.17) is 5.11 Å².